The van der Waals surface area contributed by atoms with Crippen LogP contribution >= 0.6 is 11.6 Å². The Morgan fingerprint density at radius 2 is 1.70 bits per heavy atom. The van der Waals surface area contributed by atoms with Crippen molar-refractivity contribution in [2.75, 3.05) is 13.7 Å². The summed E-state index contributed by atoms with van der Waals surface area (Å²) < 4.78 is 10.7. The second-order valence-corrected chi connectivity index (χ2v) is 7.03. The fourth-order valence-electron chi connectivity index (χ4n) is 2.70. The summed E-state index contributed by atoms with van der Waals surface area (Å²) in [5, 5.41) is 6.62. The Hall–Kier alpha value is -4.17. The van der Waals surface area contributed by atoms with Crippen LogP contribution in [0.5, 0.6) is 11.5 Å². The minimum atomic E-state index is -0.521. The lowest BCUT2D eigenvalue weighted by atomic mass is 10.2. The van der Waals surface area contributed by atoms with Crippen LogP contribution in [0.1, 0.15) is 26.3 Å². The van der Waals surface area contributed by atoms with Gasteiger partial charge in [0.05, 0.1) is 36.0 Å². The minimum Gasteiger partial charge on any atom is -0.493 e. The van der Waals surface area contributed by atoms with Crippen molar-refractivity contribution < 1.29 is 23.9 Å². The van der Waals surface area contributed by atoms with Crippen LogP contribution < -0.4 is 20.2 Å². The molecule has 0 aliphatic heterocycles. The molecule has 0 heterocycles. The van der Waals surface area contributed by atoms with E-state index < -0.39 is 17.8 Å². The van der Waals surface area contributed by atoms with Gasteiger partial charge in [-0.3, -0.25) is 9.59 Å². The highest BCUT2D eigenvalue weighted by atomic mass is 35.5. The fourth-order valence-corrected chi connectivity index (χ4v) is 2.92. The molecule has 0 fully saturated rings. The summed E-state index contributed by atoms with van der Waals surface area (Å²) in [6.45, 7) is -0.279. The predicted octanol–water partition coefficient (Wildman–Crippen LogP) is 3.45. The largest absolute Gasteiger partial charge is 0.493 e. The van der Waals surface area contributed by atoms with Crippen molar-refractivity contribution in [1.29, 1.82) is 0 Å². The average molecular weight is 466 g/mol. The Kier molecular flexibility index (Phi) is 8.15. The number of halogens is 1. The highest BCUT2D eigenvalue weighted by Gasteiger charge is 2.13. The normalized spacial score (nSPS) is 10.5. The van der Waals surface area contributed by atoms with Gasteiger partial charge in [0.2, 0.25) is 0 Å². The smallest absolute Gasteiger partial charge is 0.343 e. The average Bonchev–Trinajstić information content (AvgIpc) is 2.84. The van der Waals surface area contributed by atoms with Gasteiger partial charge in [0, 0.05) is 0 Å². The molecule has 0 atom stereocenters. The Labute approximate surface area is 195 Å². The van der Waals surface area contributed by atoms with Crippen molar-refractivity contribution in [3.8, 4) is 11.5 Å². The van der Waals surface area contributed by atoms with Gasteiger partial charge in [-0.25, -0.2) is 10.2 Å². The lowest BCUT2D eigenvalue weighted by Gasteiger charge is -2.10. The Morgan fingerprint density at radius 1 is 0.970 bits per heavy atom. The van der Waals surface area contributed by atoms with Crippen LogP contribution in [-0.2, 0) is 4.79 Å². The maximum absolute atomic E-state index is 12.2. The van der Waals surface area contributed by atoms with Crippen molar-refractivity contribution in [2.45, 2.75) is 0 Å². The SMILES string of the molecule is COc1cc(/C=N\NC(=O)CNC(=O)c2ccccc2Cl)ccc1OC(=O)c1ccccc1. The Bertz CT molecular complexity index is 1180. The quantitative estimate of drug-likeness (QED) is 0.229. The van der Waals surface area contributed by atoms with E-state index in [0.29, 0.717) is 21.9 Å². The third kappa shape index (κ3) is 6.65. The zero-order chi connectivity index (χ0) is 23.6. The Morgan fingerprint density at radius 3 is 2.42 bits per heavy atom. The monoisotopic (exact) mass is 465 g/mol. The maximum Gasteiger partial charge on any atom is 0.343 e. The molecule has 0 aliphatic carbocycles. The molecule has 2 N–H and O–H groups in total. The highest BCUT2D eigenvalue weighted by molar-refractivity contribution is 6.33. The van der Waals surface area contributed by atoms with Crippen LogP contribution in [0.25, 0.3) is 0 Å². The number of methoxy groups -OCH3 is 1. The van der Waals surface area contributed by atoms with Gasteiger partial charge in [-0.2, -0.15) is 5.10 Å². The van der Waals surface area contributed by atoms with Crippen LogP contribution in [0.3, 0.4) is 0 Å². The first-order valence-corrected chi connectivity index (χ1v) is 10.2. The van der Waals surface area contributed by atoms with Crippen molar-refractivity contribution in [3.05, 3.63) is 94.5 Å². The molecule has 0 bridgehead atoms. The summed E-state index contributed by atoms with van der Waals surface area (Å²) in [7, 11) is 1.44. The number of carbonyl (C=O) groups is 3. The molecular weight excluding hydrogens is 446 g/mol. The summed E-state index contributed by atoms with van der Waals surface area (Å²) in [5.74, 6) is -0.935. The molecular formula is C24H20ClN3O5. The van der Waals surface area contributed by atoms with E-state index >= 15 is 0 Å². The number of ether oxygens (including phenoxy) is 2. The van der Waals surface area contributed by atoms with E-state index in [9.17, 15) is 14.4 Å². The number of rotatable bonds is 8. The lowest BCUT2D eigenvalue weighted by Crippen LogP contribution is -2.35. The molecule has 0 unspecified atom stereocenters. The molecule has 0 saturated heterocycles. The van der Waals surface area contributed by atoms with Crippen molar-refractivity contribution in [1.82, 2.24) is 10.7 Å². The fraction of sp³-hybridized carbons (Fsp3) is 0.0833. The molecule has 3 rings (SSSR count). The molecule has 0 spiro atoms. The number of nitrogens with zero attached hydrogens (tertiary/aromatic N) is 1. The molecule has 0 radical (unpaired) electrons. The molecule has 3 aromatic rings. The number of hydrogen-bond acceptors (Lipinski definition) is 6. The van der Waals surface area contributed by atoms with Gasteiger partial charge >= 0.3 is 5.97 Å². The highest BCUT2D eigenvalue weighted by Crippen LogP contribution is 2.28. The first-order chi connectivity index (χ1) is 16.0. The predicted molar refractivity (Wildman–Crippen MR) is 124 cm³/mol. The number of benzene rings is 3. The van der Waals surface area contributed by atoms with Crippen LogP contribution in [0, 0.1) is 0 Å². The maximum atomic E-state index is 12.2. The van der Waals surface area contributed by atoms with E-state index in [2.05, 4.69) is 15.8 Å². The first-order valence-electron chi connectivity index (χ1n) is 9.78. The number of esters is 1. The van der Waals surface area contributed by atoms with E-state index in [1.165, 1.54) is 13.3 Å². The van der Waals surface area contributed by atoms with Gasteiger partial charge in [0.1, 0.15) is 0 Å². The minimum absolute atomic E-state index is 0.245. The number of nitrogens with one attached hydrogen (secondary N) is 2. The third-order valence-corrected chi connectivity index (χ3v) is 4.66. The molecule has 168 valence electrons. The van der Waals surface area contributed by atoms with E-state index in [4.69, 9.17) is 21.1 Å². The number of amides is 2. The summed E-state index contributed by atoms with van der Waals surface area (Å²) in [6.07, 6.45) is 1.39. The van der Waals surface area contributed by atoms with Crippen LogP contribution in [0.4, 0.5) is 0 Å². The molecule has 0 saturated carbocycles. The topological polar surface area (TPSA) is 106 Å². The van der Waals surface area contributed by atoms with Crippen LogP contribution in [-0.4, -0.2) is 37.7 Å². The van der Waals surface area contributed by atoms with Crippen molar-refractivity contribution >= 4 is 35.6 Å². The summed E-state index contributed by atoms with van der Waals surface area (Å²) in [4.78, 5) is 36.2. The molecule has 0 aliphatic rings. The molecule has 9 heteroatoms. The molecule has 0 aromatic heterocycles. The van der Waals surface area contributed by atoms with Gasteiger partial charge in [-0.15, -0.1) is 0 Å². The molecule has 33 heavy (non-hydrogen) atoms. The third-order valence-electron chi connectivity index (χ3n) is 4.33. The number of hydrogen-bond donors (Lipinski definition) is 2. The molecule has 3 aromatic carbocycles. The second kappa shape index (κ2) is 11.4. The lowest BCUT2D eigenvalue weighted by molar-refractivity contribution is -0.120. The first kappa shape index (κ1) is 23.5. The summed E-state index contributed by atoms with van der Waals surface area (Å²) in [6, 6.07) is 19.9. The van der Waals surface area contributed by atoms with Gasteiger partial charge < -0.3 is 14.8 Å². The summed E-state index contributed by atoms with van der Waals surface area (Å²) in [5.41, 5.74) is 3.59. The van der Waals surface area contributed by atoms with Gasteiger partial charge in [0.25, 0.3) is 11.8 Å². The zero-order valence-corrected chi connectivity index (χ0v) is 18.3. The van der Waals surface area contributed by atoms with Crippen LogP contribution in [0.2, 0.25) is 5.02 Å². The standard InChI is InChI=1S/C24H20ClN3O5/c1-32-21-13-16(11-12-20(21)33-24(31)17-7-3-2-4-8-17)14-27-28-22(29)15-26-23(30)18-9-5-6-10-19(18)25/h2-14H,15H2,1H3,(H,26,30)(H,28,29)/b27-14-. The number of carbonyl (C=O) groups excluding carboxylic acids is 3. The van der Waals surface area contributed by atoms with Gasteiger partial charge in [-0.05, 0) is 48.0 Å². The van der Waals surface area contributed by atoms with Crippen LogP contribution in [0.15, 0.2) is 77.9 Å². The summed E-state index contributed by atoms with van der Waals surface area (Å²) >= 11 is 5.96. The van der Waals surface area contributed by atoms with Gasteiger partial charge in [-0.1, -0.05) is 41.9 Å². The molecule has 2 amide bonds. The zero-order valence-electron chi connectivity index (χ0n) is 17.6. The molecule has 8 nitrogen and oxygen atoms in total. The van der Waals surface area contributed by atoms with E-state index in [1.54, 1.807) is 72.8 Å². The Balaban J connectivity index is 1.54. The van der Waals surface area contributed by atoms with Crippen molar-refractivity contribution in [3.63, 3.8) is 0 Å². The second-order valence-electron chi connectivity index (χ2n) is 6.62. The van der Waals surface area contributed by atoms with E-state index in [1.807, 2.05) is 0 Å². The van der Waals surface area contributed by atoms with Gasteiger partial charge in [0.15, 0.2) is 11.5 Å². The van der Waals surface area contributed by atoms with E-state index in [-0.39, 0.29) is 17.9 Å². The van der Waals surface area contributed by atoms with E-state index in [0.717, 1.165) is 0 Å². The number of hydrazone groups is 1. The van der Waals surface area contributed by atoms with Crippen molar-refractivity contribution in [2.24, 2.45) is 5.10 Å².